The van der Waals surface area contributed by atoms with Crippen molar-refractivity contribution >= 4 is 5.97 Å². The van der Waals surface area contributed by atoms with Crippen LogP contribution in [-0.2, 0) is 14.3 Å². The summed E-state index contributed by atoms with van der Waals surface area (Å²) in [5.41, 5.74) is -0.790. The molecule has 0 saturated carbocycles. The zero-order valence-corrected chi connectivity index (χ0v) is 14.6. The molecule has 1 rings (SSSR count). The first-order valence-corrected chi connectivity index (χ1v) is 7.65. The Labute approximate surface area is 124 Å². The minimum Gasteiger partial charge on any atom is -0.464 e. The molecule has 0 N–H and O–H groups in total. The molecule has 118 valence electrons. The van der Waals surface area contributed by atoms with Crippen LogP contribution in [0.5, 0.6) is 0 Å². The zero-order chi connectivity index (χ0) is 15.8. The number of ether oxygens (including phenoxy) is 2. The van der Waals surface area contributed by atoms with Crippen LogP contribution in [0.2, 0.25) is 0 Å². The Hall–Kier alpha value is -0.570. The van der Waals surface area contributed by atoms with E-state index in [2.05, 4.69) is 48.5 Å². The van der Waals surface area contributed by atoms with Crippen LogP contribution in [0.3, 0.4) is 0 Å². The van der Waals surface area contributed by atoms with E-state index in [9.17, 15) is 4.79 Å². The molecule has 1 heterocycles. The average Bonchev–Trinajstić information content (AvgIpc) is 2.23. The fourth-order valence-corrected chi connectivity index (χ4v) is 2.88. The number of hydrogen-bond acceptors (Lipinski definition) is 3. The van der Waals surface area contributed by atoms with Crippen molar-refractivity contribution in [3.05, 3.63) is 0 Å². The quantitative estimate of drug-likeness (QED) is 0.730. The molecule has 0 aromatic heterocycles. The van der Waals surface area contributed by atoms with E-state index in [1.165, 1.54) is 0 Å². The molecule has 0 bridgehead atoms. The van der Waals surface area contributed by atoms with Gasteiger partial charge in [-0.15, -0.1) is 0 Å². The van der Waals surface area contributed by atoms with Crippen molar-refractivity contribution in [1.29, 1.82) is 0 Å². The first-order chi connectivity index (χ1) is 8.90. The van der Waals surface area contributed by atoms with Gasteiger partial charge in [0.1, 0.15) is 6.61 Å². The molecular weight excluding hydrogens is 252 g/mol. The van der Waals surface area contributed by atoms with E-state index >= 15 is 0 Å². The fourth-order valence-electron chi connectivity index (χ4n) is 2.88. The van der Waals surface area contributed by atoms with Crippen molar-refractivity contribution in [2.45, 2.75) is 61.8 Å². The van der Waals surface area contributed by atoms with E-state index in [0.717, 1.165) is 6.42 Å². The fraction of sp³-hybridized carbons (Fsp3) is 0.941. The monoisotopic (exact) mass is 284 g/mol. The van der Waals surface area contributed by atoms with Gasteiger partial charge in [0.15, 0.2) is 0 Å². The molecular formula is C17H32O3. The SMILES string of the molecule is CCC1(COC(=O)C(C)(C(C)(C)C)C(C)(C)C)COC1. The third-order valence-electron chi connectivity index (χ3n) is 5.48. The number of carbonyl (C=O) groups excluding carboxylic acids is 1. The topological polar surface area (TPSA) is 35.5 Å². The predicted molar refractivity (Wildman–Crippen MR) is 81.5 cm³/mol. The normalized spacial score (nSPS) is 19.4. The van der Waals surface area contributed by atoms with Crippen LogP contribution in [0.15, 0.2) is 0 Å². The first kappa shape index (κ1) is 17.5. The lowest BCUT2D eigenvalue weighted by Crippen LogP contribution is -2.53. The third-order valence-corrected chi connectivity index (χ3v) is 5.48. The standard InChI is InChI=1S/C17H32O3/c1-9-17(10-19-11-17)12-20-13(18)16(8,14(2,3)4)15(5,6)7/h9-12H2,1-8H3. The summed E-state index contributed by atoms with van der Waals surface area (Å²) in [6.45, 7) is 18.7. The van der Waals surface area contributed by atoms with Crippen LogP contribution in [0, 0.1) is 21.7 Å². The highest BCUT2D eigenvalue weighted by molar-refractivity contribution is 5.78. The van der Waals surface area contributed by atoms with E-state index in [1.54, 1.807) is 0 Å². The summed E-state index contributed by atoms with van der Waals surface area (Å²) < 4.78 is 11.0. The van der Waals surface area contributed by atoms with Crippen LogP contribution in [0.1, 0.15) is 61.8 Å². The Kier molecular flexibility index (Phi) is 4.65. The summed E-state index contributed by atoms with van der Waals surface area (Å²) in [7, 11) is 0. The highest BCUT2D eigenvalue weighted by atomic mass is 16.5. The Morgan fingerprint density at radius 1 is 1.05 bits per heavy atom. The first-order valence-electron chi connectivity index (χ1n) is 7.65. The number of rotatable bonds is 4. The van der Waals surface area contributed by atoms with Crippen molar-refractivity contribution < 1.29 is 14.3 Å². The van der Waals surface area contributed by atoms with Crippen molar-refractivity contribution in [2.75, 3.05) is 19.8 Å². The molecule has 0 aromatic carbocycles. The van der Waals surface area contributed by atoms with E-state index in [0.29, 0.717) is 19.8 Å². The lowest BCUT2D eigenvalue weighted by molar-refractivity contribution is -0.191. The molecule has 3 nitrogen and oxygen atoms in total. The van der Waals surface area contributed by atoms with Crippen molar-refractivity contribution in [1.82, 2.24) is 0 Å². The Morgan fingerprint density at radius 3 is 1.75 bits per heavy atom. The molecule has 0 aromatic rings. The van der Waals surface area contributed by atoms with Crippen LogP contribution in [0.4, 0.5) is 0 Å². The molecule has 0 amide bonds. The van der Waals surface area contributed by atoms with Crippen molar-refractivity contribution in [3.63, 3.8) is 0 Å². The van der Waals surface area contributed by atoms with E-state index < -0.39 is 5.41 Å². The average molecular weight is 284 g/mol. The molecule has 1 fully saturated rings. The summed E-state index contributed by atoms with van der Waals surface area (Å²) in [4.78, 5) is 12.8. The summed E-state index contributed by atoms with van der Waals surface area (Å²) in [6, 6.07) is 0. The maximum Gasteiger partial charge on any atom is 0.312 e. The van der Waals surface area contributed by atoms with E-state index in [4.69, 9.17) is 9.47 Å². The van der Waals surface area contributed by atoms with Gasteiger partial charge in [-0.3, -0.25) is 4.79 Å². The number of carbonyl (C=O) groups is 1. The van der Waals surface area contributed by atoms with Gasteiger partial charge in [0.25, 0.3) is 0 Å². The van der Waals surface area contributed by atoms with Gasteiger partial charge in [-0.05, 0) is 24.2 Å². The molecule has 0 atom stereocenters. The largest absolute Gasteiger partial charge is 0.464 e. The summed E-state index contributed by atoms with van der Waals surface area (Å²) >= 11 is 0. The summed E-state index contributed by atoms with van der Waals surface area (Å²) in [5.74, 6) is -0.0859. The summed E-state index contributed by atoms with van der Waals surface area (Å²) in [5, 5.41) is 0. The number of hydrogen-bond donors (Lipinski definition) is 0. The highest BCUT2D eigenvalue weighted by Gasteiger charge is 2.54. The molecule has 0 unspecified atom stereocenters. The second-order valence-corrected chi connectivity index (χ2v) is 8.55. The Balaban J connectivity index is 2.86. The second kappa shape index (κ2) is 5.32. The van der Waals surface area contributed by atoms with Gasteiger partial charge < -0.3 is 9.47 Å². The van der Waals surface area contributed by atoms with Gasteiger partial charge in [0.05, 0.1) is 24.0 Å². The second-order valence-electron chi connectivity index (χ2n) is 8.55. The van der Waals surface area contributed by atoms with Gasteiger partial charge in [0.2, 0.25) is 0 Å². The Morgan fingerprint density at radius 2 is 1.50 bits per heavy atom. The molecule has 1 aliphatic heterocycles. The van der Waals surface area contributed by atoms with Crippen molar-refractivity contribution in [2.24, 2.45) is 21.7 Å². The van der Waals surface area contributed by atoms with Crippen molar-refractivity contribution in [3.8, 4) is 0 Å². The molecule has 20 heavy (non-hydrogen) atoms. The maximum atomic E-state index is 12.8. The molecule has 0 radical (unpaired) electrons. The van der Waals surface area contributed by atoms with Crippen LogP contribution < -0.4 is 0 Å². The van der Waals surface area contributed by atoms with E-state index in [1.807, 2.05) is 6.92 Å². The molecule has 0 spiro atoms. The van der Waals surface area contributed by atoms with E-state index in [-0.39, 0.29) is 22.2 Å². The van der Waals surface area contributed by atoms with Gasteiger partial charge in [-0.2, -0.15) is 0 Å². The van der Waals surface area contributed by atoms with Gasteiger partial charge in [0, 0.05) is 0 Å². The lowest BCUT2D eigenvalue weighted by Gasteiger charge is -2.49. The molecule has 0 aliphatic carbocycles. The lowest BCUT2D eigenvalue weighted by atomic mass is 9.55. The highest BCUT2D eigenvalue weighted by Crippen LogP contribution is 2.52. The zero-order valence-electron chi connectivity index (χ0n) is 14.6. The van der Waals surface area contributed by atoms with Crippen LogP contribution in [-0.4, -0.2) is 25.8 Å². The predicted octanol–water partition coefficient (Wildman–Crippen LogP) is 4.05. The third kappa shape index (κ3) is 2.88. The molecule has 1 aliphatic rings. The number of esters is 1. The minimum absolute atomic E-state index is 0.0480. The minimum atomic E-state index is -0.528. The molecule has 3 heteroatoms. The Bertz CT molecular complexity index is 334. The van der Waals surface area contributed by atoms with Crippen LogP contribution in [0.25, 0.3) is 0 Å². The van der Waals surface area contributed by atoms with Crippen LogP contribution >= 0.6 is 0 Å². The van der Waals surface area contributed by atoms with Gasteiger partial charge in [-0.1, -0.05) is 48.5 Å². The van der Waals surface area contributed by atoms with Gasteiger partial charge >= 0.3 is 5.97 Å². The maximum absolute atomic E-state index is 12.8. The molecule has 1 saturated heterocycles. The summed E-state index contributed by atoms with van der Waals surface area (Å²) in [6.07, 6.45) is 0.988. The smallest absolute Gasteiger partial charge is 0.312 e. The van der Waals surface area contributed by atoms with Gasteiger partial charge in [-0.25, -0.2) is 0 Å².